The monoisotopic (exact) mass is 377 g/mol. The van der Waals surface area contributed by atoms with Gasteiger partial charge in [-0.25, -0.2) is 0 Å². The molecule has 0 aliphatic heterocycles. The first-order valence-corrected chi connectivity index (χ1v) is 9.28. The van der Waals surface area contributed by atoms with Gasteiger partial charge in [0.1, 0.15) is 0 Å². The molecule has 0 fully saturated rings. The summed E-state index contributed by atoms with van der Waals surface area (Å²) >= 11 is 0. The van der Waals surface area contributed by atoms with E-state index in [0.29, 0.717) is 18.7 Å². The first-order valence-electron chi connectivity index (χ1n) is 9.28. The molecule has 0 unspecified atom stereocenters. The fourth-order valence-electron chi connectivity index (χ4n) is 2.20. The number of hydrogen-bond acceptors (Lipinski definition) is 4. The van der Waals surface area contributed by atoms with Gasteiger partial charge in [0, 0.05) is 32.3 Å². The van der Waals surface area contributed by atoms with E-state index in [9.17, 15) is 9.59 Å². The minimum Gasteiger partial charge on any atom is -0.371 e. The van der Waals surface area contributed by atoms with Crippen molar-refractivity contribution in [1.82, 2.24) is 10.6 Å². The Labute approximate surface area is 163 Å². The number of aliphatic imine (C=N–C) groups is 1. The third-order valence-corrected chi connectivity index (χ3v) is 3.46. The smallest absolute Gasteiger partial charge is 0.251 e. The third kappa shape index (κ3) is 10.5. The second kappa shape index (κ2) is 11.5. The molecular formula is C21H35N3O3. The van der Waals surface area contributed by atoms with Crippen LogP contribution in [0.25, 0.3) is 0 Å². The Balaban J connectivity index is 0.00000326. The number of hydrogen-bond donors (Lipinski definition) is 2. The zero-order chi connectivity index (χ0) is 21.1. The van der Waals surface area contributed by atoms with E-state index >= 15 is 0 Å². The topological polar surface area (TPSA) is 79.8 Å². The number of benzene rings is 1. The van der Waals surface area contributed by atoms with Crippen LogP contribution in [0.2, 0.25) is 0 Å². The summed E-state index contributed by atoms with van der Waals surface area (Å²) in [5.74, 6) is -0.256. The normalized spacial score (nSPS) is 11.6. The Morgan fingerprint density at radius 1 is 1.11 bits per heavy atom. The van der Waals surface area contributed by atoms with E-state index in [0.717, 1.165) is 5.56 Å². The number of amides is 2. The predicted molar refractivity (Wildman–Crippen MR) is 112 cm³/mol. The lowest BCUT2D eigenvalue weighted by atomic mass is 10.1. The van der Waals surface area contributed by atoms with E-state index < -0.39 is 11.1 Å². The van der Waals surface area contributed by atoms with Crippen molar-refractivity contribution in [2.75, 3.05) is 20.2 Å². The van der Waals surface area contributed by atoms with E-state index in [4.69, 9.17) is 4.74 Å². The maximum Gasteiger partial charge on any atom is 0.251 e. The summed E-state index contributed by atoms with van der Waals surface area (Å²) in [6, 6.07) is 7.22. The van der Waals surface area contributed by atoms with E-state index in [1.165, 1.54) is 6.92 Å². The molecule has 1 aromatic rings. The van der Waals surface area contributed by atoms with Crippen molar-refractivity contribution in [3.8, 4) is 0 Å². The van der Waals surface area contributed by atoms with Crippen LogP contribution in [0.3, 0.4) is 0 Å². The molecule has 0 aliphatic rings. The van der Waals surface area contributed by atoms with Crippen molar-refractivity contribution < 1.29 is 14.3 Å². The van der Waals surface area contributed by atoms with Crippen LogP contribution in [-0.2, 0) is 9.53 Å². The molecule has 0 saturated carbocycles. The molecular weight excluding hydrogens is 342 g/mol. The molecule has 27 heavy (non-hydrogen) atoms. The van der Waals surface area contributed by atoms with Crippen molar-refractivity contribution in [2.24, 2.45) is 4.99 Å². The Hall–Kier alpha value is -2.21. The van der Waals surface area contributed by atoms with Gasteiger partial charge in [-0.2, -0.15) is 0 Å². The third-order valence-electron chi connectivity index (χ3n) is 3.46. The Morgan fingerprint density at radius 2 is 1.67 bits per heavy atom. The summed E-state index contributed by atoms with van der Waals surface area (Å²) in [5.41, 5.74) is 0.509. The molecule has 6 nitrogen and oxygen atoms in total. The van der Waals surface area contributed by atoms with E-state index in [1.807, 2.05) is 53.7 Å². The maximum absolute atomic E-state index is 12.2. The molecule has 6 heteroatoms. The van der Waals surface area contributed by atoms with Crippen molar-refractivity contribution in [2.45, 2.75) is 59.6 Å². The molecule has 1 rings (SSSR count). The molecule has 0 radical (unpaired) electrons. The van der Waals surface area contributed by atoms with Crippen molar-refractivity contribution in [1.29, 1.82) is 0 Å². The first-order chi connectivity index (χ1) is 12.5. The number of ether oxygens (including phenoxy) is 1. The highest BCUT2D eigenvalue weighted by Crippen LogP contribution is 2.13. The SMILES string of the molecule is CC.CN=Cc1ccc(C(=O)NCC(C)(C)OCC(C)(C)NC(C)=O)cc1. The standard InChI is InChI=1S/C19H29N3O3.C2H6/c1-14(23)22-18(2,3)13-25-19(4,5)12-21-17(24)16-9-7-15(8-10-16)11-20-6;1-2/h7-11H,12-13H2,1-6H3,(H,21,24)(H,22,23);1-2H3. The zero-order valence-corrected chi connectivity index (χ0v) is 18.0. The molecule has 0 aromatic heterocycles. The molecule has 0 heterocycles. The molecule has 2 N–H and O–H groups in total. The van der Waals surface area contributed by atoms with Gasteiger partial charge < -0.3 is 15.4 Å². The van der Waals surface area contributed by atoms with Crippen molar-refractivity contribution >= 4 is 18.0 Å². The number of nitrogens with one attached hydrogen (secondary N) is 2. The average molecular weight is 378 g/mol. The molecule has 1 aromatic carbocycles. The van der Waals surface area contributed by atoms with Crippen molar-refractivity contribution in [3.63, 3.8) is 0 Å². The Morgan fingerprint density at radius 3 is 2.15 bits per heavy atom. The molecule has 0 aliphatic carbocycles. The van der Waals surface area contributed by atoms with Crippen LogP contribution in [0.4, 0.5) is 0 Å². The van der Waals surface area contributed by atoms with Crippen LogP contribution in [0.1, 0.15) is 64.4 Å². The van der Waals surface area contributed by atoms with Gasteiger partial charge >= 0.3 is 0 Å². The molecule has 0 saturated heterocycles. The summed E-state index contributed by atoms with van der Waals surface area (Å²) in [4.78, 5) is 27.4. The molecule has 0 spiro atoms. The van der Waals surface area contributed by atoms with Gasteiger partial charge in [0.25, 0.3) is 5.91 Å². The summed E-state index contributed by atoms with van der Waals surface area (Å²) in [5, 5.41) is 5.72. The lowest BCUT2D eigenvalue weighted by Crippen LogP contribution is -2.49. The average Bonchev–Trinajstić information content (AvgIpc) is 2.60. The second-order valence-electron chi connectivity index (χ2n) is 7.31. The van der Waals surface area contributed by atoms with Gasteiger partial charge in [0.15, 0.2) is 0 Å². The fourth-order valence-corrected chi connectivity index (χ4v) is 2.20. The van der Waals surface area contributed by atoms with Gasteiger partial charge in [0.2, 0.25) is 5.91 Å². The quantitative estimate of drug-likeness (QED) is 0.683. The van der Waals surface area contributed by atoms with Gasteiger partial charge in [-0.3, -0.25) is 14.6 Å². The highest BCUT2D eigenvalue weighted by atomic mass is 16.5. The summed E-state index contributed by atoms with van der Waals surface area (Å²) < 4.78 is 5.89. The first kappa shape index (κ1) is 24.8. The van der Waals surface area contributed by atoms with E-state index in [1.54, 1.807) is 25.4 Å². The second-order valence-corrected chi connectivity index (χ2v) is 7.31. The van der Waals surface area contributed by atoms with Gasteiger partial charge in [-0.15, -0.1) is 0 Å². The largest absolute Gasteiger partial charge is 0.371 e. The van der Waals surface area contributed by atoms with E-state index in [2.05, 4.69) is 15.6 Å². The number of rotatable bonds is 8. The van der Waals surface area contributed by atoms with Crippen LogP contribution in [0, 0.1) is 0 Å². The minimum absolute atomic E-state index is 0.101. The Bertz CT molecular complexity index is 620. The summed E-state index contributed by atoms with van der Waals surface area (Å²) in [6.07, 6.45) is 1.73. The Kier molecular flexibility index (Phi) is 10.6. The molecule has 2 amide bonds. The molecule has 0 bridgehead atoms. The maximum atomic E-state index is 12.2. The minimum atomic E-state index is -0.555. The van der Waals surface area contributed by atoms with Gasteiger partial charge in [0.05, 0.1) is 17.7 Å². The van der Waals surface area contributed by atoms with Crippen LogP contribution in [0.5, 0.6) is 0 Å². The number of carbonyl (C=O) groups is 2. The highest BCUT2D eigenvalue weighted by Gasteiger charge is 2.26. The van der Waals surface area contributed by atoms with E-state index in [-0.39, 0.29) is 11.8 Å². The summed E-state index contributed by atoms with van der Waals surface area (Å²) in [6.45, 7) is 13.8. The number of carbonyl (C=O) groups excluding carboxylic acids is 2. The van der Waals surface area contributed by atoms with Crippen LogP contribution in [-0.4, -0.2) is 49.4 Å². The van der Waals surface area contributed by atoms with Gasteiger partial charge in [-0.1, -0.05) is 26.0 Å². The predicted octanol–water partition coefficient (Wildman–Crippen LogP) is 3.20. The van der Waals surface area contributed by atoms with Gasteiger partial charge in [-0.05, 0) is 45.4 Å². The van der Waals surface area contributed by atoms with Crippen LogP contribution in [0.15, 0.2) is 29.3 Å². The highest BCUT2D eigenvalue weighted by molar-refractivity contribution is 5.95. The zero-order valence-electron chi connectivity index (χ0n) is 18.0. The van der Waals surface area contributed by atoms with Crippen molar-refractivity contribution in [3.05, 3.63) is 35.4 Å². The van der Waals surface area contributed by atoms with Crippen LogP contribution >= 0.6 is 0 Å². The number of nitrogens with zero attached hydrogens (tertiary/aromatic N) is 1. The lowest BCUT2D eigenvalue weighted by molar-refractivity contribution is -0.122. The lowest BCUT2D eigenvalue weighted by Gasteiger charge is -2.32. The van der Waals surface area contributed by atoms with Crippen LogP contribution < -0.4 is 10.6 Å². The fraction of sp³-hybridized carbons (Fsp3) is 0.571. The molecule has 152 valence electrons. The molecule has 0 atom stereocenters. The summed E-state index contributed by atoms with van der Waals surface area (Å²) in [7, 11) is 1.70.